The van der Waals surface area contributed by atoms with Crippen molar-refractivity contribution < 1.29 is 27.5 Å². The number of alkyl halides is 3. The first-order valence-corrected chi connectivity index (χ1v) is 11.7. The average Bonchev–Trinajstić information content (AvgIpc) is 2.91. The third kappa shape index (κ3) is 5.90. The molecule has 1 aliphatic carbocycles. The second-order valence-electron chi connectivity index (χ2n) is 8.83. The van der Waals surface area contributed by atoms with E-state index >= 15 is 0 Å². The van der Waals surface area contributed by atoms with E-state index in [4.69, 9.17) is 4.74 Å². The summed E-state index contributed by atoms with van der Waals surface area (Å²) in [7, 11) is 1.59. The largest absolute Gasteiger partial charge is 0.497 e. The van der Waals surface area contributed by atoms with Crippen LogP contribution in [0.5, 0.6) is 5.75 Å². The minimum atomic E-state index is -4.57. The molecule has 188 valence electrons. The number of Topliss-reactive ketones (excluding diaryl/α,β-unsaturated/α-hetero) is 1. The van der Waals surface area contributed by atoms with Gasteiger partial charge in [-0.25, -0.2) is 0 Å². The second kappa shape index (κ2) is 10.9. The van der Waals surface area contributed by atoms with Crippen molar-refractivity contribution in [1.82, 2.24) is 15.5 Å². The third-order valence-electron chi connectivity index (χ3n) is 6.54. The lowest BCUT2D eigenvalue weighted by Crippen LogP contribution is -2.25. The number of rotatable bonds is 7. The molecule has 0 bridgehead atoms. The standard InChI is InChI=1S/C27H26F3N3O3/c1-36-20-12-6-17(7-13-20)16-31-26(35)24-15-14-23(32-33-24)18-8-10-19(11-9-18)25(34)21-4-2-3-5-22(21)27(28,29)30/h2-7,12-15,18-19H,8-11,16H2,1H3,(H,31,35). The number of benzene rings is 2. The molecule has 1 N–H and O–H groups in total. The van der Waals surface area contributed by atoms with Crippen molar-refractivity contribution >= 4 is 11.7 Å². The van der Waals surface area contributed by atoms with Crippen LogP contribution in [-0.2, 0) is 12.7 Å². The molecule has 9 heteroatoms. The van der Waals surface area contributed by atoms with Crippen LogP contribution in [0.4, 0.5) is 13.2 Å². The summed E-state index contributed by atoms with van der Waals surface area (Å²) >= 11 is 0. The Morgan fingerprint density at radius 2 is 1.64 bits per heavy atom. The van der Waals surface area contributed by atoms with Crippen LogP contribution in [0.15, 0.2) is 60.7 Å². The topological polar surface area (TPSA) is 81.2 Å². The molecule has 0 radical (unpaired) electrons. The summed E-state index contributed by atoms with van der Waals surface area (Å²) in [6.07, 6.45) is -2.39. The van der Waals surface area contributed by atoms with Gasteiger partial charge in [-0.15, -0.1) is 5.10 Å². The van der Waals surface area contributed by atoms with Gasteiger partial charge in [0.05, 0.1) is 18.4 Å². The van der Waals surface area contributed by atoms with E-state index in [2.05, 4.69) is 15.5 Å². The van der Waals surface area contributed by atoms with Gasteiger partial charge in [-0.2, -0.15) is 18.3 Å². The average molecular weight is 498 g/mol. The van der Waals surface area contributed by atoms with Crippen LogP contribution in [0.1, 0.15) is 69.3 Å². The van der Waals surface area contributed by atoms with E-state index in [1.807, 2.05) is 24.3 Å². The molecule has 0 saturated heterocycles. The van der Waals surface area contributed by atoms with Crippen LogP contribution in [0.25, 0.3) is 0 Å². The number of ketones is 1. The molecule has 1 aliphatic rings. The molecule has 2 aromatic carbocycles. The zero-order valence-corrected chi connectivity index (χ0v) is 19.7. The van der Waals surface area contributed by atoms with Crippen LogP contribution in [0.3, 0.4) is 0 Å². The third-order valence-corrected chi connectivity index (χ3v) is 6.54. The van der Waals surface area contributed by atoms with E-state index in [1.54, 1.807) is 19.2 Å². The fourth-order valence-electron chi connectivity index (χ4n) is 4.51. The van der Waals surface area contributed by atoms with Gasteiger partial charge in [0, 0.05) is 23.9 Å². The lowest BCUT2D eigenvalue weighted by molar-refractivity contribution is -0.138. The van der Waals surface area contributed by atoms with Gasteiger partial charge in [0.1, 0.15) is 5.75 Å². The van der Waals surface area contributed by atoms with Crippen molar-refractivity contribution in [1.29, 1.82) is 0 Å². The summed E-state index contributed by atoms with van der Waals surface area (Å²) in [6.45, 7) is 0.335. The van der Waals surface area contributed by atoms with Crippen molar-refractivity contribution in [3.05, 3.63) is 88.7 Å². The van der Waals surface area contributed by atoms with Crippen LogP contribution < -0.4 is 10.1 Å². The van der Waals surface area contributed by atoms with E-state index in [0.717, 1.165) is 17.4 Å². The number of amides is 1. The number of hydrogen-bond acceptors (Lipinski definition) is 5. The lowest BCUT2D eigenvalue weighted by atomic mass is 9.77. The summed E-state index contributed by atoms with van der Waals surface area (Å²) in [5.41, 5.74) is 0.670. The molecule has 6 nitrogen and oxygen atoms in total. The van der Waals surface area contributed by atoms with Crippen LogP contribution in [0.2, 0.25) is 0 Å². The minimum absolute atomic E-state index is 0.0378. The van der Waals surface area contributed by atoms with Crippen molar-refractivity contribution in [3.63, 3.8) is 0 Å². The molecule has 3 aromatic rings. The van der Waals surface area contributed by atoms with Crippen molar-refractivity contribution in [3.8, 4) is 5.75 Å². The van der Waals surface area contributed by atoms with Gasteiger partial charge in [-0.1, -0.05) is 30.3 Å². The number of nitrogens with one attached hydrogen (secondary N) is 1. The van der Waals surface area contributed by atoms with E-state index in [9.17, 15) is 22.8 Å². The van der Waals surface area contributed by atoms with E-state index in [-0.39, 0.29) is 23.1 Å². The number of halogens is 3. The van der Waals surface area contributed by atoms with E-state index in [1.165, 1.54) is 18.2 Å². The molecule has 0 aliphatic heterocycles. The SMILES string of the molecule is COc1ccc(CNC(=O)c2ccc(C3CCC(C(=O)c4ccccc4C(F)(F)F)CC3)nn2)cc1. The Bertz CT molecular complexity index is 1200. The van der Waals surface area contributed by atoms with Crippen molar-refractivity contribution in [2.45, 2.75) is 44.3 Å². The summed E-state index contributed by atoms with van der Waals surface area (Å²) in [5, 5.41) is 11.1. The first-order valence-electron chi connectivity index (χ1n) is 11.7. The predicted molar refractivity (Wildman–Crippen MR) is 127 cm³/mol. The summed E-state index contributed by atoms with van der Waals surface area (Å²) in [6, 6.07) is 15.7. The van der Waals surface area contributed by atoms with Crippen LogP contribution >= 0.6 is 0 Å². The van der Waals surface area contributed by atoms with Crippen molar-refractivity contribution in [2.24, 2.45) is 5.92 Å². The molecular formula is C27H26F3N3O3. The number of methoxy groups -OCH3 is 1. The molecule has 4 rings (SSSR count). The zero-order valence-electron chi connectivity index (χ0n) is 19.7. The maximum absolute atomic E-state index is 13.3. The molecule has 1 heterocycles. The lowest BCUT2D eigenvalue weighted by Gasteiger charge is -2.27. The van der Waals surface area contributed by atoms with Gasteiger partial charge in [-0.3, -0.25) is 9.59 Å². The quantitative estimate of drug-likeness (QED) is 0.431. The Hall–Kier alpha value is -3.75. The maximum Gasteiger partial charge on any atom is 0.417 e. The van der Waals surface area contributed by atoms with Gasteiger partial charge in [0.2, 0.25) is 0 Å². The monoisotopic (exact) mass is 497 g/mol. The zero-order chi connectivity index (χ0) is 25.7. The smallest absolute Gasteiger partial charge is 0.417 e. The number of hydrogen-bond donors (Lipinski definition) is 1. The highest BCUT2D eigenvalue weighted by molar-refractivity contribution is 5.99. The van der Waals surface area contributed by atoms with Gasteiger partial charge >= 0.3 is 6.18 Å². The molecule has 1 fully saturated rings. The highest BCUT2D eigenvalue weighted by Gasteiger charge is 2.37. The molecule has 1 aromatic heterocycles. The Labute approximate surface area is 206 Å². The number of carbonyl (C=O) groups excluding carboxylic acids is 2. The van der Waals surface area contributed by atoms with Crippen LogP contribution in [-0.4, -0.2) is 29.0 Å². The fraction of sp³-hybridized carbons (Fsp3) is 0.333. The predicted octanol–water partition coefficient (Wildman–Crippen LogP) is 5.59. The van der Waals surface area contributed by atoms with E-state index in [0.29, 0.717) is 37.9 Å². The summed E-state index contributed by atoms with van der Waals surface area (Å²) in [5.74, 6) is -0.494. The minimum Gasteiger partial charge on any atom is -0.497 e. The number of carbonyl (C=O) groups is 2. The Morgan fingerprint density at radius 1 is 0.944 bits per heavy atom. The first kappa shape index (κ1) is 25.3. The van der Waals surface area contributed by atoms with Gasteiger partial charge in [0.15, 0.2) is 11.5 Å². The highest BCUT2D eigenvalue weighted by atomic mass is 19.4. The highest BCUT2D eigenvalue weighted by Crippen LogP contribution is 2.38. The molecule has 1 amide bonds. The van der Waals surface area contributed by atoms with Gasteiger partial charge in [0.25, 0.3) is 5.91 Å². The van der Waals surface area contributed by atoms with Crippen molar-refractivity contribution in [2.75, 3.05) is 7.11 Å². The second-order valence-corrected chi connectivity index (χ2v) is 8.83. The Balaban J connectivity index is 1.32. The van der Waals surface area contributed by atoms with E-state index < -0.39 is 23.4 Å². The molecule has 0 spiro atoms. The molecular weight excluding hydrogens is 471 g/mol. The molecule has 0 atom stereocenters. The number of nitrogens with zero attached hydrogens (tertiary/aromatic N) is 2. The maximum atomic E-state index is 13.3. The fourth-order valence-corrected chi connectivity index (χ4v) is 4.51. The van der Waals surface area contributed by atoms with Gasteiger partial charge < -0.3 is 10.1 Å². The van der Waals surface area contributed by atoms with Crippen LogP contribution in [0, 0.1) is 5.92 Å². The number of aromatic nitrogens is 2. The molecule has 1 saturated carbocycles. The Kier molecular flexibility index (Phi) is 7.67. The Morgan fingerprint density at radius 3 is 2.25 bits per heavy atom. The first-order chi connectivity index (χ1) is 17.3. The summed E-state index contributed by atoms with van der Waals surface area (Å²) in [4.78, 5) is 25.3. The van der Waals surface area contributed by atoms with Gasteiger partial charge in [-0.05, 0) is 61.6 Å². The molecule has 0 unspecified atom stereocenters. The molecule has 36 heavy (non-hydrogen) atoms. The normalized spacial score (nSPS) is 17.9. The summed E-state index contributed by atoms with van der Waals surface area (Å²) < 4.78 is 45.0. The number of ether oxygens (including phenoxy) is 1.